The fourth-order valence-corrected chi connectivity index (χ4v) is 2.25. The van der Waals surface area contributed by atoms with E-state index in [9.17, 15) is 4.79 Å². The molecule has 5 heteroatoms. The molecule has 0 aliphatic carbocycles. The molecule has 0 atom stereocenters. The number of aliphatic carboxylic acids is 1. The summed E-state index contributed by atoms with van der Waals surface area (Å²) in [5.41, 5.74) is 0.771. The molecule has 0 aliphatic rings. The van der Waals surface area contributed by atoms with Gasteiger partial charge in [0.15, 0.2) is 5.76 Å². The molecule has 1 N–H and O–H groups in total. The molecule has 17 heavy (non-hydrogen) atoms. The lowest BCUT2D eigenvalue weighted by atomic mass is 10.3. The van der Waals surface area contributed by atoms with Crippen molar-refractivity contribution in [1.82, 2.24) is 4.98 Å². The zero-order valence-corrected chi connectivity index (χ0v) is 10.2. The molecule has 2 heterocycles. The first kappa shape index (κ1) is 11.6. The Morgan fingerprint density at radius 3 is 2.82 bits per heavy atom. The van der Waals surface area contributed by atoms with Crippen LogP contribution in [-0.4, -0.2) is 16.1 Å². The number of hydrogen-bond donors (Lipinski definition) is 1. The highest BCUT2D eigenvalue weighted by atomic mass is 32.1. The van der Waals surface area contributed by atoms with Gasteiger partial charge in [-0.15, -0.1) is 11.3 Å². The number of furan rings is 1. The summed E-state index contributed by atoms with van der Waals surface area (Å²) in [6, 6.07) is 3.74. The van der Waals surface area contributed by atoms with Gasteiger partial charge in [0.25, 0.3) is 0 Å². The van der Waals surface area contributed by atoms with E-state index >= 15 is 0 Å². The van der Waals surface area contributed by atoms with Gasteiger partial charge in [-0.3, -0.25) is 0 Å². The second-order valence-corrected chi connectivity index (χ2v) is 4.77. The Hall–Kier alpha value is -1.88. The SMILES string of the molecule is Cc1ccc(-c2nc(/C=C/C(=O)O)sc2C)o1. The number of carboxylic acid groups (broad SMARTS) is 1. The van der Waals surface area contributed by atoms with Crippen LogP contribution in [0, 0.1) is 13.8 Å². The van der Waals surface area contributed by atoms with Crippen molar-refractivity contribution < 1.29 is 14.3 Å². The maximum absolute atomic E-state index is 10.4. The van der Waals surface area contributed by atoms with Crippen LogP contribution < -0.4 is 0 Å². The fourth-order valence-electron chi connectivity index (χ4n) is 1.42. The molecule has 0 bridgehead atoms. The lowest BCUT2D eigenvalue weighted by molar-refractivity contribution is -0.131. The predicted molar refractivity (Wildman–Crippen MR) is 66.0 cm³/mol. The molecule has 2 rings (SSSR count). The van der Waals surface area contributed by atoms with E-state index in [1.165, 1.54) is 17.4 Å². The molecular formula is C12H11NO3S. The van der Waals surface area contributed by atoms with Gasteiger partial charge < -0.3 is 9.52 Å². The molecule has 4 nitrogen and oxygen atoms in total. The Labute approximate surface area is 102 Å². The van der Waals surface area contributed by atoms with Gasteiger partial charge in [-0.1, -0.05) is 0 Å². The summed E-state index contributed by atoms with van der Waals surface area (Å²) in [4.78, 5) is 15.8. The van der Waals surface area contributed by atoms with Crippen LogP contribution in [0.15, 0.2) is 22.6 Å². The molecule has 0 saturated carbocycles. The summed E-state index contributed by atoms with van der Waals surface area (Å²) in [5, 5.41) is 9.20. The zero-order chi connectivity index (χ0) is 12.4. The molecule has 2 aromatic rings. The van der Waals surface area contributed by atoms with E-state index in [1.807, 2.05) is 26.0 Å². The highest BCUT2D eigenvalue weighted by Crippen LogP contribution is 2.29. The largest absolute Gasteiger partial charge is 0.478 e. The number of hydrogen-bond acceptors (Lipinski definition) is 4. The summed E-state index contributed by atoms with van der Waals surface area (Å²) < 4.78 is 5.49. The van der Waals surface area contributed by atoms with Crippen molar-refractivity contribution in [2.24, 2.45) is 0 Å². The van der Waals surface area contributed by atoms with E-state index in [4.69, 9.17) is 9.52 Å². The van der Waals surface area contributed by atoms with Gasteiger partial charge in [0.2, 0.25) is 0 Å². The average molecular weight is 249 g/mol. The van der Waals surface area contributed by atoms with Crippen LogP contribution in [0.5, 0.6) is 0 Å². The molecule has 0 fully saturated rings. The third kappa shape index (κ3) is 2.62. The van der Waals surface area contributed by atoms with Crippen molar-refractivity contribution in [2.45, 2.75) is 13.8 Å². The molecular weight excluding hydrogens is 238 g/mol. The predicted octanol–water partition coefficient (Wildman–Crippen LogP) is 3.12. The molecule has 0 saturated heterocycles. The van der Waals surface area contributed by atoms with Crippen LogP contribution in [0.2, 0.25) is 0 Å². The lowest BCUT2D eigenvalue weighted by Crippen LogP contribution is -1.85. The Morgan fingerprint density at radius 2 is 2.24 bits per heavy atom. The topological polar surface area (TPSA) is 63.3 Å². The van der Waals surface area contributed by atoms with E-state index in [2.05, 4.69) is 4.98 Å². The van der Waals surface area contributed by atoms with Gasteiger partial charge in [0.1, 0.15) is 16.5 Å². The molecule has 88 valence electrons. The number of nitrogens with zero attached hydrogens (tertiary/aromatic N) is 1. The quantitative estimate of drug-likeness (QED) is 0.849. The van der Waals surface area contributed by atoms with Crippen LogP contribution in [0.25, 0.3) is 17.5 Å². The molecule has 0 unspecified atom stereocenters. The van der Waals surface area contributed by atoms with Crippen molar-refractivity contribution in [3.8, 4) is 11.5 Å². The van der Waals surface area contributed by atoms with Gasteiger partial charge in [0.05, 0.1) is 0 Å². The number of aromatic nitrogens is 1. The van der Waals surface area contributed by atoms with Crippen molar-refractivity contribution in [1.29, 1.82) is 0 Å². The number of rotatable bonds is 3. The number of aryl methyl sites for hydroxylation is 2. The van der Waals surface area contributed by atoms with Crippen molar-refractivity contribution >= 4 is 23.4 Å². The minimum Gasteiger partial charge on any atom is -0.478 e. The smallest absolute Gasteiger partial charge is 0.328 e. The van der Waals surface area contributed by atoms with E-state index in [1.54, 1.807) is 0 Å². The normalized spacial score (nSPS) is 11.2. The van der Waals surface area contributed by atoms with Crippen LogP contribution in [0.4, 0.5) is 0 Å². The summed E-state index contributed by atoms with van der Waals surface area (Å²) in [6.07, 6.45) is 2.56. The Morgan fingerprint density at radius 1 is 1.47 bits per heavy atom. The highest BCUT2D eigenvalue weighted by molar-refractivity contribution is 7.12. The molecule has 0 radical (unpaired) electrons. The minimum atomic E-state index is -0.978. The van der Waals surface area contributed by atoms with E-state index in [0.717, 1.165) is 22.4 Å². The molecule has 2 aromatic heterocycles. The molecule has 0 aliphatic heterocycles. The van der Waals surface area contributed by atoms with E-state index in [-0.39, 0.29) is 0 Å². The maximum atomic E-state index is 10.4. The van der Waals surface area contributed by atoms with Gasteiger partial charge in [-0.05, 0) is 32.1 Å². The Kier molecular flexibility index (Phi) is 3.10. The van der Waals surface area contributed by atoms with Crippen molar-refractivity contribution in [2.75, 3.05) is 0 Å². The lowest BCUT2D eigenvalue weighted by Gasteiger charge is -1.91. The first-order valence-electron chi connectivity index (χ1n) is 5.01. The van der Waals surface area contributed by atoms with Gasteiger partial charge in [-0.25, -0.2) is 9.78 Å². The van der Waals surface area contributed by atoms with Crippen LogP contribution in [0.1, 0.15) is 15.6 Å². The number of carboxylic acids is 1. The Bertz CT molecular complexity index is 580. The summed E-state index contributed by atoms with van der Waals surface area (Å²) in [5.74, 6) is 0.564. The standard InChI is InChI=1S/C12H11NO3S/c1-7-3-4-9(16-7)12-8(2)17-10(13-12)5-6-11(14)15/h3-6H,1-2H3,(H,14,15)/b6-5+. The maximum Gasteiger partial charge on any atom is 0.328 e. The van der Waals surface area contributed by atoms with Gasteiger partial charge in [-0.2, -0.15) is 0 Å². The molecule has 0 spiro atoms. The van der Waals surface area contributed by atoms with Gasteiger partial charge >= 0.3 is 5.97 Å². The second-order valence-electron chi connectivity index (χ2n) is 3.54. The monoisotopic (exact) mass is 249 g/mol. The minimum absolute atomic E-state index is 0.661. The first-order chi connectivity index (χ1) is 8.06. The highest BCUT2D eigenvalue weighted by Gasteiger charge is 2.11. The molecule has 0 amide bonds. The second kappa shape index (κ2) is 4.55. The number of carbonyl (C=O) groups is 1. The van der Waals surface area contributed by atoms with E-state index in [0.29, 0.717) is 10.8 Å². The third-order valence-electron chi connectivity index (χ3n) is 2.16. The third-order valence-corrected chi connectivity index (χ3v) is 3.09. The van der Waals surface area contributed by atoms with Crippen molar-refractivity contribution in [3.05, 3.63) is 33.9 Å². The van der Waals surface area contributed by atoms with Crippen LogP contribution >= 0.6 is 11.3 Å². The molecule has 0 aromatic carbocycles. The van der Waals surface area contributed by atoms with Crippen LogP contribution in [0.3, 0.4) is 0 Å². The fraction of sp³-hybridized carbons (Fsp3) is 0.167. The van der Waals surface area contributed by atoms with Crippen molar-refractivity contribution in [3.63, 3.8) is 0 Å². The zero-order valence-electron chi connectivity index (χ0n) is 9.43. The first-order valence-corrected chi connectivity index (χ1v) is 5.83. The summed E-state index contributed by atoms with van der Waals surface area (Å²) in [7, 11) is 0. The number of thiazole rings is 1. The summed E-state index contributed by atoms with van der Waals surface area (Å²) in [6.45, 7) is 3.80. The average Bonchev–Trinajstić information content (AvgIpc) is 2.82. The Balaban J connectivity index is 2.34. The van der Waals surface area contributed by atoms with Gasteiger partial charge in [0, 0.05) is 11.0 Å². The summed E-state index contributed by atoms with van der Waals surface area (Å²) >= 11 is 1.44. The van der Waals surface area contributed by atoms with Crippen LogP contribution in [-0.2, 0) is 4.79 Å². The van der Waals surface area contributed by atoms with E-state index < -0.39 is 5.97 Å².